The predicted molar refractivity (Wildman–Crippen MR) is 68.0 cm³/mol. The third kappa shape index (κ3) is 5.02. The second-order valence-corrected chi connectivity index (χ2v) is 4.73. The van der Waals surface area contributed by atoms with Crippen molar-refractivity contribution in [1.29, 1.82) is 0 Å². The Hall–Kier alpha value is -0.650. The van der Waals surface area contributed by atoms with Crippen molar-refractivity contribution < 1.29 is 9.53 Å². The van der Waals surface area contributed by atoms with E-state index in [0.29, 0.717) is 19.2 Å². The van der Waals surface area contributed by atoms with Gasteiger partial charge in [0.25, 0.3) is 0 Å². The molecule has 0 aromatic carbocycles. The fraction of sp³-hybridized carbons (Fsp3) is 0.917. The lowest BCUT2D eigenvalue weighted by molar-refractivity contribution is -0.131. The molecular weight excluding hydrogens is 218 g/mol. The quantitative estimate of drug-likeness (QED) is 0.655. The molecule has 0 spiro atoms. The van der Waals surface area contributed by atoms with Crippen LogP contribution in [0.25, 0.3) is 0 Å². The van der Waals surface area contributed by atoms with Crippen LogP contribution in [0.1, 0.15) is 12.8 Å². The molecule has 1 heterocycles. The molecule has 0 aromatic heterocycles. The molecule has 1 aliphatic rings. The van der Waals surface area contributed by atoms with Crippen LogP contribution in [0, 0.1) is 0 Å². The highest BCUT2D eigenvalue weighted by Crippen LogP contribution is 2.13. The van der Waals surface area contributed by atoms with Gasteiger partial charge in [0.1, 0.15) is 0 Å². The monoisotopic (exact) mass is 243 g/mol. The molecule has 1 fully saturated rings. The topological polar surface area (TPSA) is 44.8 Å². The van der Waals surface area contributed by atoms with E-state index in [1.807, 2.05) is 11.9 Å². The molecule has 0 saturated carbocycles. The Morgan fingerprint density at radius 3 is 3.00 bits per heavy atom. The average molecular weight is 243 g/mol. The highest BCUT2D eigenvalue weighted by atomic mass is 16.5. The van der Waals surface area contributed by atoms with Crippen LogP contribution in [-0.4, -0.2) is 75.7 Å². The van der Waals surface area contributed by atoms with Crippen LogP contribution in [0.4, 0.5) is 0 Å². The molecule has 1 atom stereocenters. The van der Waals surface area contributed by atoms with Crippen molar-refractivity contribution in [2.45, 2.75) is 18.9 Å². The van der Waals surface area contributed by atoms with E-state index < -0.39 is 0 Å². The summed E-state index contributed by atoms with van der Waals surface area (Å²) in [6, 6.07) is 0.366. The minimum Gasteiger partial charge on any atom is -0.383 e. The second-order valence-electron chi connectivity index (χ2n) is 4.73. The van der Waals surface area contributed by atoms with Crippen LogP contribution < -0.4 is 5.32 Å². The van der Waals surface area contributed by atoms with Crippen molar-refractivity contribution in [2.75, 3.05) is 54.0 Å². The normalized spacial score (nSPS) is 21.5. The molecule has 0 bridgehead atoms. The van der Waals surface area contributed by atoms with Crippen molar-refractivity contribution >= 4 is 5.91 Å². The van der Waals surface area contributed by atoms with Gasteiger partial charge in [-0.3, -0.25) is 4.79 Å². The molecule has 100 valence electrons. The van der Waals surface area contributed by atoms with Gasteiger partial charge in [-0.05, 0) is 26.4 Å². The first-order chi connectivity index (χ1) is 8.15. The zero-order valence-corrected chi connectivity index (χ0v) is 11.2. The smallest absolute Gasteiger partial charge is 0.236 e. The standard InChI is InChI=1S/C12H25N3O2/c1-14-7-4-5-11(10-14)15(2)12(16)9-13-6-8-17-3/h11,13H,4-10H2,1-3H3. The molecule has 1 aliphatic heterocycles. The SMILES string of the molecule is COCCNCC(=O)N(C)C1CCCN(C)C1. The van der Waals surface area contributed by atoms with Crippen LogP contribution in [-0.2, 0) is 9.53 Å². The summed E-state index contributed by atoms with van der Waals surface area (Å²) in [6.07, 6.45) is 2.29. The molecule has 1 unspecified atom stereocenters. The minimum atomic E-state index is 0.168. The van der Waals surface area contributed by atoms with E-state index in [0.717, 1.165) is 26.1 Å². The van der Waals surface area contributed by atoms with Crippen molar-refractivity contribution in [3.05, 3.63) is 0 Å². The Morgan fingerprint density at radius 1 is 1.59 bits per heavy atom. The van der Waals surface area contributed by atoms with Gasteiger partial charge in [-0.15, -0.1) is 0 Å². The van der Waals surface area contributed by atoms with E-state index in [1.165, 1.54) is 6.42 Å². The van der Waals surface area contributed by atoms with Gasteiger partial charge in [0.15, 0.2) is 0 Å². The number of likely N-dealkylation sites (tertiary alicyclic amines) is 1. The molecule has 1 amide bonds. The van der Waals surface area contributed by atoms with Gasteiger partial charge in [-0.2, -0.15) is 0 Å². The van der Waals surface area contributed by atoms with Crippen LogP contribution in [0.15, 0.2) is 0 Å². The maximum atomic E-state index is 11.9. The van der Waals surface area contributed by atoms with Gasteiger partial charge in [0, 0.05) is 33.3 Å². The Labute approximate surface area is 104 Å². The van der Waals surface area contributed by atoms with Gasteiger partial charge in [0.05, 0.1) is 13.2 Å². The number of carbonyl (C=O) groups is 1. The second kappa shape index (κ2) is 7.63. The van der Waals surface area contributed by atoms with E-state index in [2.05, 4.69) is 17.3 Å². The number of nitrogens with one attached hydrogen (secondary N) is 1. The molecule has 1 saturated heterocycles. The van der Waals surface area contributed by atoms with Crippen molar-refractivity contribution in [1.82, 2.24) is 15.1 Å². The Morgan fingerprint density at radius 2 is 2.35 bits per heavy atom. The molecule has 0 radical (unpaired) electrons. The summed E-state index contributed by atoms with van der Waals surface area (Å²) < 4.78 is 4.92. The predicted octanol–water partition coefficient (Wildman–Crippen LogP) is -0.225. The number of nitrogens with zero attached hydrogens (tertiary/aromatic N) is 2. The van der Waals surface area contributed by atoms with Gasteiger partial charge in [-0.25, -0.2) is 0 Å². The average Bonchev–Trinajstić information content (AvgIpc) is 2.33. The number of ether oxygens (including phenoxy) is 1. The summed E-state index contributed by atoms with van der Waals surface area (Å²) in [4.78, 5) is 16.1. The zero-order valence-electron chi connectivity index (χ0n) is 11.2. The molecule has 0 aromatic rings. The van der Waals surface area contributed by atoms with Crippen LogP contribution in [0.5, 0.6) is 0 Å². The number of hydrogen-bond donors (Lipinski definition) is 1. The summed E-state index contributed by atoms with van der Waals surface area (Å²) >= 11 is 0. The number of piperidine rings is 1. The number of carbonyl (C=O) groups excluding carboxylic acids is 1. The summed E-state index contributed by atoms with van der Waals surface area (Å²) in [5, 5.41) is 3.09. The lowest BCUT2D eigenvalue weighted by Crippen LogP contribution is -2.49. The van der Waals surface area contributed by atoms with Gasteiger partial charge >= 0.3 is 0 Å². The summed E-state index contributed by atoms with van der Waals surface area (Å²) in [6.45, 7) is 3.90. The molecule has 5 nitrogen and oxygen atoms in total. The lowest BCUT2D eigenvalue weighted by Gasteiger charge is -2.35. The molecule has 0 aliphatic carbocycles. The highest BCUT2D eigenvalue weighted by Gasteiger charge is 2.23. The third-order valence-electron chi connectivity index (χ3n) is 3.30. The molecule has 1 rings (SSSR count). The fourth-order valence-electron chi connectivity index (χ4n) is 2.15. The van der Waals surface area contributed by atoms with Crippen LogP contribution in [0.2, 0.25) is 0 Å². The fourth-order valence-corrected chi connectivity index (χ4v) is 2.15. The van der Waals surface area contributed by atoms with E-state index in [1.54, 1.807) is 7.11 Å². The van der Waals surface area contributed by atoms with E-state index in [-0.39, 0.29) is 5.91 Å². The van der Waals surface area contributed by atoms with Gasteiger partial charge in [0.2, 0.25) is 5.91 Å². The third-order valence-corrected chi connectivity index (χ3v) is 3.30. The summed E-state index contributed by atoms with van der Waals surface area (Å²) in [5.74, 6) is 0.168. The number of methoxy groups -OCH3 is 1. The Kier molecular flexibility index (Phi) is 6.47. The molecule has 5 heteroatoms. The Bertz CT molecular complexity index is 236. The first-order valence-electron chi connectivity index (χ1n) is 6.29. The minimum absolute atomic E-state index is 0.168. The summed E-state index contributed by atoms with van der Waals surface area (Å²) in [7, 11) is 5.68. The maximum absolute atomic E-state index is 11.9. The van der Waals surface area contributed by atoms with Gasteiger partial charge < -0.3 is 19.9 Å². The van der Waals surface area contributed by atoms with Gasteiger partial charge in [-0.1, -0.05) is 0 Å². The first kappa shape index (κ1) is 14.4. The number of hydrogen-bond acceptors (Lipinski definition) is 4. The first-order valence-corrected chi connectivity index (χ1v) is 6.29. The van der Waals surface area contributed by atoms with Crippen molar-refractivity contribution in [3.63, 3.8) is 0 Å². The van der Waals surface area contributed by atoms with Crippen molar-refractivity contribution in [3.8, 4) is 0 Å². The van der Waals surface area contributed by atoms with Crippen molar-refractivity contribution in [2.24, 2.45) is 0 Å². The Balaban J connectivity index is 2.25. The molecular formula is C12H25N3O2. The summed E-state index contributed by atoms with van der Waals surface area (Å²) in [5.41, 5.74) is 0. The van der Waals surface area contributed by atoms with Crippen LogP contribution >= 0.6 is 0 Å². The highest BCUT2D eigenvalue weighted by molar-refractivity contribution is 5.78. The van der Waals surface area contributed by atoms with Crippen LogP contribution in [0.3, 0.4) is 0 Å². The molecule has 17 heavy (non-hydrogen) atoms. The van der Waals surface area contributed by atoms with E-state index >= 15 is 0 Å². The van der Waals surface area contributed by atoms with E-state index in [4.69, 9.17) is 4.74 Å². The zero-order chi connectivity index (χ0) is 12.7. The lowest BCUT2D eigenvalue weighted by atomic mass is 10.1. The van der Waals surface area contributed by atoms with E-state index in [9.17, 15) is 4.79 Å². The number of rotatable bonds is 6. The molecule has 1 N–H and O–H groups in total. The maximum Gasteiger partial charge on any atom is 0.236 e. The number of amides is 1. The largest absolute Gasteiger partial charge is 0.383 e. The number of likely N-dealkylation sites (N-methyl/N-ethyl adjacent to an activating group) is 2.